The van der Waals surface area contributed by atoms with Crippen molar-refractivity contribution in [1.29, 1.82) is 0 Å². The lowest BCUT2D eigenvalue weighted by molar-refractivity contribution is -0.133. The fourth-order valence-corrected chi connectivity index (χ4v) is 2.81. The number of nitrogens with zero attached hydrogens (tertiary/aromatic N) is 4. The molecule has 0 aromatic carbocycles. The minimum atomic E-state index is -0.438. The Morgan fingerprint density at radius 2 is 2.10 bits per heavy atom. The van der Waals surface area contributed by atoms with E-state index in [1.54, 1.807) is 0 Å². The second kappa shape index (κ2) is 7.13. The van der Waals surface area contributed by atoms with Gasteiger partial charge in [-0.1, -0.05) is 13.8 Å². The van der Waals surface area contributed by atoms with E-state index in [9.17, 15) is 4.79 Å². The Bertz CT molecular complexity index is 468. The van der Waals surface area contributed by atoms with Gasteiger partial charge >= 0.3 is 0 Å². The summed E-state index contributed by atoms with van der Waals surface area (Å²) in [6.07, 6.45) is 3.67. The van der Waals surface area contributed by atoms with Crippen LogP contribution in [0, 0.1) is 0 Å². The quantitative estimate of drug-likeness (QED) is 0.758. The van der Waals surface area contributed by atoms with Gasteiger partial charge in [0.25, 0.3) is 0 Å². The molecule has 1 unspecified atom stereocenters. The van der Waals surface area contributed by atoms with Crippen LogP contribution in [0.1, 0.15) is 39.4 Å². The van der Waals surface area contributed by atoms with Crippen molar-refractivity contribution >= 4 is 5.78 Å². The molecule has 0 saturated carbocycles. The molecule has 2 heterocycles. The van der Waals surface area contributed by atoms with Crippen molar-refractivity contribution in [3.05, 3.63) is 12.2 Å². The molecule has 0 bridgehead atoms. The molecule has 1 aromatic rings. The van der Waals surface area contributed by atoms with Gasteiger partial charge in [-0.05, 0) is 19.8 Å². The number of ketones is 1. The van der Waals surface area contributed by atoms with Crippen LogP contribution >= 0.6 is 0 Å². The van der Waals surface area contributed by atoms with E-state index in [1.807, 2.05) is 11.6 Å². The average molecular weight is 294 g/mol. The molecule has 6 nitrogen and oxygen atoms in total. The SMILES string of the molecule is CCCn1ncnc1CC(=O)C(C)(CC)N1CCOCC1. The molecule has 1 aromatic heterocycles. The van der Waals surface area contributed by atoms with Crippen LogP contribution in [0.3, 0.4) is 0 Å². The topological polar surface area (TPSA) is 60.2 Å². The van der Waals surface area contributed by atoms with Gasteiger partial charge in [0.05, 0.1) is 25.2 Å². The number of rotatable bonds is 7. The Morgan fingerprint density at radius 1 is 1.38 bits per heavy atom. The van der Waals surface area contributed by atoms with Gasteiger partial charge < -0.3 is 4.74 Å². The average Bonchev–Trinajstić information content (AvgIpc) is 2.95. The normalized spacial score (nSPS) is 19.4. The molecule has 1 saturated heterocycles. The van der Waals surface area contributed by atoms with E-state index >= 15 is 0 Å². The summed E-state index contributed by atoms with van der Waals surface area (Å²) in [6, 6.07) is 0. The molecular formula is C15H26N4O2. The lowest BCUT2D eigenvalue weighted by Gasteiger charge is -2.41. The molecule has 21 heavy (non-hydrogen) atoms. The predicted octanol–water partition coefficient (Wildman–Crippen LogP) is 1.30. The Kier molecular flexibility index (Phi) is 5.47. The zero-order chi connectivity index (χ0) is 15.3. The molecule has 0 radical (unpaired) electrons. The molecule has 0 spiro atoms. The Hall–Kier alpha value is -1.27. The highest BCUT2D eigenvalue weighted by atomic mass is 16.5. The van der Waals surface area contributed by atoms with Gasteiger partial charge in [-0.3, -0.25) is 9.69 Å². The van der Waals surface area contributed by atoms with Crippen molar-refractivity contribution < 1.29 is 9.53 Å². The van der Waals surface area contributed by atoms with Crippen molar-refractivity contribution in [2.75, 3.05) is 26.3 Å². The lowest BCUT2D eigenvalue weighted by atomic mass is 9.88. The molecular weight excluding hydrogens is 268 g/mol. The van der Waals surface area contributed by atoms with Gasteiger partial charge in [0.1, 0.15) is 12.2 Å². The molecule has 1 fully saturated rings. The van der Waals surface area contributed by atoms with Crippen LogP contribution < -0.4 is 0 Å². The van der Waals surface area contributed by atoms with E-state index in [1.165, 1.54) is 6.33 Å². The number of morpholine rings is 1. The predicted molar refractivity (Wildman–Crippen MR) is 80.1 cm³/mol. The van der Waals surface area contributed by atoms with Gasteiger partial charge in [0.2, 0.25) is 0 Å². The summed E-state index contributed by atoms with van der Waals surface area (Å²) in [4.78, 5) is 19.4. The number of Topliss-reactive ketones (excluding diaryl/α,β-unsaturated/α-hetero) is 1. The zero-order valence-electron chi connectivity index (χ0n) is 13.3. The Balaban J connectivity index is 2.10. The van der Waals surface area contributed by atoms with Gasteiger partial charge in [0, 0.05) is 19.6 Å². The van der Waals surface area contributed by atoms with Crippen molar-refractivity contribution in [2.24, 2.45) is 0 Å². The van der Waals surface area contributed by atoms with E-state index in [-0.39, 0.29) is 5.78 Å². The maximum Gasteiger partial charge on any atom is 0.160 e. The summed E-state index contributed by atoms with van der Waals surface area (Å²) in [5, 5.41) is 4.20. The number of hydrogen-bond acceptors (Lipinski definition) is 5. The molecule has 118 valence electrons. The second-order valence-electron chi connectivity index (χ2n) is 5.73. The summed E-state index contributed by atoms with van der Waals surface area (Å²) >= 11 is 0. The fraction of sp³-hybridized carbons (Fsp3) is 0.800. The Morgan fingerprint density at radius 3 is 2.71 bits per heavy atom. The van der Waals surface area contributed by atoms with Crippen LogP contribution in [0.15, 0.2) is 6.33 Å². The minimum Gasteiger partial charge on any atom is -0.379 e. The van der Waals surface area contributed by atoms with E-state index < -0.39 is 5.54 Å². The standard InChI is InChI=1S/C15H26N4O2/c1-4-6-19-14(16-12-17-19)11-13(20)15(3,5-2)18-7-9-21-10-8-18/h12H,4-11H2,1-3H3. The fourth-order valence-electron chi connectivity index (χ4n) is 2.81. The highest BCUT2D eigenvalue weighted by Crippen LogP contribution is 2.23. The molecule has 0 N–H and O–H groups in total. The summed E-state index contributed by atoms with van der Waals surface area (Å²) in [5.74, 6) is 0.993. The first-order valence-electron chi connectivity index (χ1n) is 7.84. The summed E-state index contributed by atoms with van der Waals surface area (Å²) in [5.41, 5.74) is -0.438. The van der Waals surface area contributed by atoms with E-state index in [2.05, 4.69) is 28.8 Å². The number of carbonyl (C=O) groups excluding carboxylic acids is 1. The molecule has 6 heteroatoms. The van der Waals surface area contributed by atoms with Gasteiger partial charge in [-0.25, -0.2) is 9.67 Å². The zero-order valence-corrected chi connectivity index (χ0v) is 13.3. The second-order valence-corrected chi connectivity index (χ2v) is 5.73. The third-order valence-corrected chi connectivity index (χ3v) is 4.45. The smallest absolute Gasteiger partial charge is 0.160 e. The minimum absolute atomic E-state index is 0.220. The number of carbonyl (C=O) groups is 1. The molecule has 1 aliphatic rings. The van der Waals surface area contributed by atoms with Crippen molar-refractivity contribution in [3.63, 3.8) is 0 Å². The van der Waals surface area contributed by atoms with E-state index in [0.29, 0.717) is 19.6 Å². The largest absolute Gasteiger partial charge is 0.379 e. The molecule has 2 rings (SSSR count). The molecule has 0 aliphatic carbocycles. The number of aryl methyl sites for hydroxylation is 1. The lowest BCUT2D eigenvalue weighted by Crippen LogP contribution is -2.56. The van der Waals surface area contributed by atoms with E-state index in [4.69, 9.17) is 4.74 Å². The first kappa shape index (κ1) is 16.1. The van der Waals surface area contributed by atoms with E-state index in [0.717, 1.165) is 38.3 Å². The van der Waals surface area contributed by atoms with Crippen LogP contribution in [0.25, 0.3) is 0 Å². The molecule has 1 atom stereocenters. The monoisotopic (exact) mass is 294 g/mol. The summed E-state index contributed by atoms with van der Waals surface area (Å²) < 4.78 is 7.24. The van der Waals surface area contributed by atoms with Crippen molar-refractivity contribution in [2.45, 2.75) is 52.1 Å². The number of hydrogen-bond donors (Lipinski definition) is 0. The third kappa shape index (κ3) is 3.49. The van der Waals surface area contributed by atoms with Crippen LogP contribution in [0.5, 0.6) is 0 Å². The van der Waals surface area contributed by atoms with Gasteiger partial charge in [0.15, 0.2) is 5.78 Å². The van der Waals surface area contributed by atoms with Crippen LogP contribution in [-0.2, 0) is 22.5 Å². The number of ether oxygens (including phenoxy) is 1. The Labute approximate surface area is 126 Å². The molecule has 1 aliphatic heterocycles. The highest BCUT2D eigenvalue weighted by Gasteiger charge is 2.38. The van der Waals surface area contributed by atoms with Crippen molar-refractivity contribution in [1.82, 2.24) is 19.7 Å². The van der Waals surface area contributed by atoms with Crippen molar-refractivity contribution in [3.8, 4) is 0 Å². The van der Waals surface area contributed by atoms with Gasteiger partial charge in [-0.15, -0.1) is 0 Å². The van der Waals surface area contributed by atoms with Gasteiger partial charge in [-0.2, -0.15) is 5.10 Å². The third-order valence-electron chi connectivity index (χ3n) is 4.45. The first-order valence-corrected chi connectivity index (χ1v) is 7.84. The van der Waals surface area contributed by atoms with Crippen LogP contribution in [0.2, 0.25) is 0 Å². The maximum absolute atomic E-state index is 12.9. The summed E-state index contributed by atoms with van der Waals surface area (Å²) in [7, 11) is 0. The summed E-state index contributed by atoms with van der Waals surface area (Å²) in [6.45, 7) is 10.1. The van der Waals surface area contributed by atoms with Crippen LogP contribution in [-0.4, -0.2) is 57.3 Å². The maximum atomic E-state index is 12.9. The van der Waals surface area contributed by atoms with Crippen LogP contribution in [0.4, 0.5) is 0 Å². The highest BCUT2D eigenvalue weighted by molar-refractivity contribution is 5.89. The number of aromatic nitrogens is 3. The first-order chi connectivity index (χ1) is 10.1. The molecule has 0 amide bonds.